The van der Waals surface area contributed by atoms with Gasteiger partial charge in [-0.3, -0.25) is 9.78 Å². The van der Waals surface area contributed by atoms with Crippen LogP contribution >= 0.6 is 0 Å². The van der Waals surface area contributed by atoms with Crippen LogP contribution in [0.15, 0.2) is 60.9 Å². The van der Waals surface area contributed by atoms with Crippen LogP contribution in [-0.4, -0.2) is 10.9 Å². The number of fused-ring (bicyclic) bond motifs is 1. The van der Waals surface area contributed by atoms with Gasteiger partial charge in [0, 0.05) is 30.1 Å². The minimum absolute atomic E-state index is 0.0657. The van der Waals surface area contributed by atoms with Crippen LogP contribution in [0.1, 0.15) is 28.7 Å². The molecule has 0 aliphatic carbocycles. The van der Waals surface area contributed by atoms with Gasteiger partial charge < -0.3 is 5.32 Å². The maximum atomic E-state index is 11.8. The van der Waals surface area contributed by atoms with Crippen LogP contribution in [0, 0.1) is 11.3 Å². The molecule has 0 radical (unpaired) electrons. The number of aromatic nitrogens is 1. The Labute approximate surface area is 152 Å². The Kier molecular flexibility index (Phi) is 4.20. The van der Waals surface area contributed by atoms with Crippen molar-refractivity contribution in [3.63, 3.8) is 0 Å². The van der Waals surface area contributed by atoms with Crippen molar-refractivity contribution in [2.45, 2.75) is 19.3 Å². The van der Waals surface area contributed by atoms with Gasteiger partial charge in [0.05, 0.1) is 11.6 Å². The summed E-state index contributed by atoms with van der Waals surface area (Å²) in [6.07, 6.45) is 5.63. The summed E-state index contributed by atoms with van der Waals surface area (Å²) in [4.78, 5) is 16.0. The summed E-state index contributed by atoms with van der Waals surface area (Å²) in [5, 5.41) is 12.0. The van der Waals surface area contributed by atoms with Crippen LogP contribution in [-0.2, 0) is 17.6 Å². The molecule has 0 saturated carbocycles. The van der Waals surface area contributed by atoms with Crippen molar-refractivity contribution in [1.29, 1.82) is 5.26 Å². The average Bonchev–Trinajstić information content (AvgIpc) is 2.68. The molecule has 1 aliphatic heterocycles. The number of aryl methyl sites for hydroxylation is 1. The first-order valence-corrected chi connectivity index (χ1v) is 8.58. The minimum Gasteiger partial charge on any atom is -0.326 e. The molecule has 0 unspecified atom stereocenters. The lowest BCUT2D eigenvalue weighted by atomic mass is 9.90. The van der Waals surface area contributed by atoms with Crippen molar-refractivity contribution in [1.82, 2.24) is 4.98 Å². The van der Waals surface area contributed by atoms with Gasteiger partial charge >= 0.3 is 0 Å². The van der Waals surface area contributed by atoms with Crippen LogP contribution < -0.4 is 5.32 Å². The van der Waals surface area contributed by atoms with Gasteiger partial charge in [0.15, 0.2) is 0 Å². The number of amides is 1. The van der Waals surface area contributed by atoms with Crippen molar-refractivity contribution in [2.24, 2.45) is 0 Å². The number of hydrogen-bond acceptors (Lipinski definition) is 3. The average molecular weight is 339 g/mol. The first-order valence-electron chi connectivity index (χ1n) is 8.58. The molecular formula is C22H17N3O. The molecule has 0 bridgehead atoms. The number of pyridine rings is 1. The van der Waals surface area contributed by atoms with E-state index in [1.165, 1.54) is 0 Å². The molecule has 2 aromatic carbocycles. The van der Waals surface area contributed by atoms with Crippen molar-refractivity contribution >= 4 is 11.6 Å². The summed E-state index contributed by atoms with van der Waals surface area (Å²) in [7, 11) is 0. The van der Waals surface area contributed by atoms with Crippen LogP contribution in [0.4, 0.5) is 5.69 Å². The molecule has 126 valence electrons. The molecule has 1 N–H and O–H groups in total. The number of nitrogens with zero attached hydrogens (tertiary/aromatic N) is 2. The molecule has 0 atom stereocenters. The van der Waals surface area contributed by atoms with Crippen molar-refractivity contribution in [3.05, 3.63) is 83.2 Å². The Morgan fingerprint density at radius 3 is 2.69 bits per heavy atom. The Balaban J connectivity index is 1.78. The lowest BCUT2D eigenvalue weighted by Crippen LogP contribution is -2.19. The van der Waals surface area contributed by atoms with Crippen molar-refractivity contribution < 1.29 is 4.79 Å². The highest BCUT2D eigenvalue weighted by molar-refractivity contribution is 5.94. The quantitative estimate of drug-likeness (QED) is 0.781. The molecule has 2 heterocycles. The van der Waals surface area contributed by atoms with E-state index in [0.29, 0.717) is 12.0 Å². The maximum Gasteiger partial charge on any atom is 0.224 e. The van der Waals surface area contributed by atoms with Crippen LogP contribution in [0.2, 0.25) is 0 Å². The normalized spacial score (nSPS) is 12.8. The van der Waals surface area contributed by atoms with E-state index >= 15 is 0 Å². The highest BCUT2D eigenvalue weighted by Gasteiger charge is 2.18. The lowest BCUT2D eigenvalue weighted by molar-refractivity contribution is -0.116. The number of nitrogens with one attached hydrogen (secondary N) is 1. The van der Waals surface area contributed by atoms with E-state index in [4.69, 9.17) is 5.26 Å². The van der Waals surface area contributed by atoms with E-state index in [9.17, 15) is 4.79 Å². The number of carbonyl (C=O) groups is 1. The molecule has 1 amide bonds. The lowest BCUT2D eigenvalue weighted by Gasteiger charge is -2.21. The molecule has 4 nitrogen and oxygen atoms in total. The summed E-state index contributed by atoms with van der Waals surface area (Å²) in [5.41, 5.74) is 7.16. The summed E-state index contributed by atoms with van der Waals surface area (Å²) in [5.74, 6) is 0.0657. The minimum atomic E-state index is 0.0657. The Hall–Kier alpha value is -3.45. The smallest absolute Gasteiger partial charge is 0.224 e. The number of rotatable bonds is 3. The van der Waals surface area contributed by atoms with Crippen molar-refractivity contribution in [3.8, 4) is 17.2 Å². The summed E-state index contributed by atoms with van der Waals surface area (Å²) >= 11 is 0. The third-order valence-electron chi connectivity index (χ3n) is 4.67. The topological polar surface area (TPSA) is 65.8 Å². The molecule has 26 heavy (non-hydrogen) atoms. The molecule has 3 aromatic rings. The standard InChI is InChI=1S/C22H17N3O/c23-13-16-5-3-15(4-6-16)10-19-12-21-17(7-8-22(26)25-21)11-20(19)18-2-1-9-24-14-18/h1-6,9,11-12,14H,7-8,10H2,(H,25,26). The van der Waals surface area contributed by atoms with Crippen LogP contribution in [0.3, 0.4) is 0 Å². The molecule has 0 spiro atoms. The van der Waals surface area contributed by atoms with E-state index in [1.807, 2.05) is 36.5 Å². The van der Waals surface area contributed by atoms with Gasteiger partial charge in [0.1, 0.15) is 0 Å². The summed E-state index contributed by atoms with van der Waals surface area (Å²) in [6.45, 7) is 0. The van der Waals surface area contributed by atoms with E-state index in [1.54, 1.807) is 6.20 Å². The van der Waals surface area contributed by atoms with Crippen LogP contribution in [0.25, 0.3) is 11.1 Å². The fourth-order valence-electron chi connectivity index (χ4n) is 3.33. The summed E-state index contributed by atoms with van der Waals surface area (Å²) in [6, 6.07) is 18.0. The first kappa shape index (κ1) is 16.0. The second-order valence-corrected chi connectivity index (χ2v) is 6.44. The van der Waals surface area contributed by atoms with Gasteiger partial charge in [-0.1, -0.05) is 18.2 Å². The molecular weight excluding hydrogens is 322 g/mol. The Bertz CT molecular complexity index is 1000. The largest absolute Gasteiger partial charge is 0.326 e. The van der Waals surface area contributed by atoms with Gasteiger partial charge in [-0.2, -0.15) is 5.26 Å². The molecule has 4 rings (SSSR count). The van der Waals surface area contributed by atoms with E-state index in [2.05, 4.69) is 34.6 Å². The number of hydrogen-bond donors (Lipinski definition) is 1. The monoisotopic (exact) mass is 339 g/mol. The molecule has 4 heteroatoms. The van der Waals surface area contributed by atoms with Gasteiger partial charge in [-0.15, -0.1) is 0 Å². The third kappa shape index (κ3) is 3.20. The number of carbonyl (C=O) groups excluding carboxylic acids is 1. The number of nitriles is 1. The zero-order valence-corrected chi connectivity index (χ0v) is 14.2. The fourth-order valence-corrected chi connectivity index (χ4v) is 3.33. The van der Waals surface area contributed by atoms with Gasteiger partial charge in [-0.25, -0.2) is 0 Å². The predicted octanol–water partition coefficient (Wildman–Crippen LogP) is 4.10. The zero-order valence-electron chi connectivity index (χ0n) is 14.2. The number of anilines is 1. The first-order chi connectivity index (χ1) is 12.7. The highest BCUT2D eigenvalue weighted by Crippen LogP contribution is 2.33. The molecule has 0 saturated heterocycles. The van der Waals surface area contributed by atoms with Gasteiger partial charge in [0.25, 0.3) is 0 Å². The van der Waals surface area contributed by atoms with E-state index in [0.717, 1.165) is 46.3 Å². The second-order valence-electron chi connectivity index (χ2n) is 6.44. The molecule has 1 aliphatic rings. The SMILES string of the molecule is N#Cc1ccc(Cc2cc3c(cc2-c2cccnc2)CCC(=O)N3)cc1. The molecule has 0 fully saturated rings. The second kappa shape index (κ2) is 6.81. The Morgan fingerprint density at radius 2 is 1.96 bits per heavy atom. The highest BCUT2D eigenvalue weighted by atomic mass is 16.1. The zero-order chi connectivity index (χ0) is 17.9. The summed E-state index contributed by atoms with van der Waals surface area (Å²) < 4.78 is 0. The van der Waals surface area contributed by atoms with Gasteiger partial charge in [-0.05, 0) is 65.4 Å². The van der Waals surface area contributed by atoms with Crippen molar-refractivity contribution in [2.75, 3.05) is 5.32 Å². The van der Waals surface area contributed by atoms with Crippen LogP contribution in [0.5, 0.6) is 0 Å². The van der Waals surface area contributed by atoms with E-state index < -0.39 is 0 Å². The fraction of sp³-hybridized carbons (Fsp3) is 0.136. The van der Waals surface area contributed by atoms with Gasteiger partial charge in [0.2, 0.25) is 5.91 Å². The third-order valence-corrected chi connectivity index (χ3v) is 4.67. The predicted molar refractivity (Wildman–Crippen MR) is 101 cm³/mol. The Morgan fingerprint density at radius 1 is 1.12 bits per heavy atom. The molecule has 1 aromatic heterocycles. The number of benzene rings is 2. The van der Waals surface area contributed by atoms with E-state index in [-0.39, 0.29) is 5.91 Å². The maximum absolute atomic E-state index is 11.8.